The minimum Gasteiger partial charge on any atom is -0.354 e. The molecule has 1 fully saturated rings. The van der Waals surface area contributed by atoms with E-state index in [-0.39, 0.29) is 47.3 Å². The first-order valence-electron chi connectivity index (χ1n) is 10.8. The average molecular weight is 487 g/mol. The first kappa shape index (κ1) is 23.8. The second-order valence-corrected chi connectivity index (χ2v) is 8.20. The van der Waals surface area contributed by atoms with Gasteiger partial charge in [-0.1, -0.05) is 23.7 Å². The second-order valence-electron chi connectivity index (χ2n) is 7.82. The summed E-state index contributed by atoms with van der Waals surface area (Å²) < 4.78 is 11.4. The highest BCUT2D eigenvalue weighted by atomic mass is 35.5. The number of halogens is 1. The van der Waals surface area contributed by atoms with Crippen LogP contribution in [0.2, 0.25) is 5.15 Å². The summed E-state index contributed by atoms with van der Waals surface area (Å²) >= 11 is 5.91. The minimum atomic E-state index is -0.501. The Bertz CT molecular complexity index is 1100. The monoisotopic (exact) mass is 486 g/mol. The Hall–Kier alpha value is -3.34. The van der Waals surface area contributed by atoms with E-state index in [0.29, 0.717) is 30.5 Å². The van der Waals surface area contributed by atoms with Crippen molar-refractivity contribution in [1.82, 2.24) is 20.5 Å². The second kappa shape index (κ2) is 10.3. The Kier molecular flexibility index (Phi) is 7.20. The van der Waals surface area contributed by atoms with E-state index >= 15 is 0 Å². The first-order valence-corrected chi connectivity index (χ1v) is 11.1. The fourth-order valence-corrected chi connectivity index (χ4v) is 4.04. The van der Waals surface area contributed by atoms with Gasteiger partial charge in [0.1, 0.15) is 10.8 Å². The molecular formula is C23H23ClN4O6. The van der Waals surface area contributed by atoms with Crippen molar-refractivity contribution in [2.45, 2.75) is 25.2 Å². The number of amides is 4. The number of nitrogens with zero attached hydrogens (tertiary/aromatic N) is 2. The van der Waals surface area contributed by atoms with Gasteiger partial charge in [-0.25, -0.2) is 4.98 Å². The maximum atomic E-state index is 12.6. The molecule has 2 aromatic rings. The molecule has 0 bridgehead atoms. The van der Waals surface area contributed by atoms with Crippen molar-refractivity contribution >= 4 is 35.2 Å². The number of ether oxygens (including phenoxy) is 2. The topological polar surface area (TPSA) is 127 Å². The van der Waals surface area contributed by atoms with E-state index in [4.69, 9.17) is 21.1 Å². The molecule has 0 spiro atoms. The lowest BCUT2D eigenvalue weighted by atomic mass is 10.1. The molecule has 0 aliphatic carbocycles. The number of hydrogen-bond acceptors (Lipinski definition) is 7. The van der Waals surface area contributed by atoms with Crippen LogP contribution < -0.4 is 10.6 Å². The summed E-state index contributed by atoms with van der Waals surface area (Å²) in [5, 5.41) is 5.24. The highest BCUT2D eigenvalue weighted by molar-refractivity contribution is 6.30. The predicted molar refractivity (Wildman–Crippen MR) is 121 cm³/mol. The van der Waals surface area contributed by atoms with Crippen molar-refractivity contribution in [1.29, 1.82) is 0 Å². The molecule has 1 aromatic heterocycles. The third kappa shape index (κ3) is 4.93. The molecule has 0 unspecified atom stereocenters. The number of hydrogen-bond donors (Lipinski definition) is 2. The summed E-state index contributed by atoms with van der Waals surface area (Å²) in [6.45, 7) is 0.708. The summed E-state index contributed by atoms with van der Waals surface area (Å²) in [4.78, 5) is 54.4. The third-order valence-electron chi connectivity index (χ3n) is 5.56. The zero-order valence-electron chi connectivity index (χ0n) is 18.4. The standard InChI is InChI=1S/C23H23ClN4O6/c1-25-21(30)17-9-13(10-18(24)27-17)20(29)26-8-4-7-19-33-11-14(12-34-19)28-22(31)15-5-2-3-6-16(15)23(28)32/h2-3,5-6,9-10,14,19H,4,7-8,11-12H2,1H3,(H,25,30)(H,26,29). The van der Waals surface area contributed by atoms with Crippen molar-refractivity contribution in [3.63, 3.8) is 0 Å². The van der Waals surface area contributed by atoms with Crippen molar-refractivity contribution in [2.75, 3.05) is 26.8 Å². The van der Waals surface area contributed by atoms with E-state index in [1.807, 2.05) is 0 Å². The van der Waals surface area contributed by atoms with Gasteiger partial charge in [-0.3, -0.25) is 24.1 Å². The number of rotatable bonds is 7. The molecule has 10 nitrogen and oxygen atoms in total. The number of benzene rings is 1. The van der Waals surface area contributed by atoms with Crippen LogP contribution in [0, 0.1) is 0 Å². The van der Waals surface area contributed by atoms with Gasteiger partial charge in [0.15, 0.2) is 6.29 Å². The van der Waals surface area contributed by atoms with Crippen molar-refractivity contribution in [3.8, 4) is 0 Å². The lowest BCUT2D eigenvalue weighted by molar-refractivity contribution is -0.199. The molecule has 1 saturated heterocycles. The van der Waals surface area contributed by atoms with Crippen LogP contribution in [0.5, 0.6) is 0 Å². The van der Waals surface area contributed by atoms with Crippen LogP contribution in [0.25, 0.3) is 0 Å². The number of nitrogens with one attached hydrogen (secondary N) is 2. The molecule has 2 aliphatic rings. The van der Waals surface area contributed by atoms with E-state index in [1.54, 1.807) is 24.3 Å². The van der Waals surface area contributed by atoms with Crippen molar-refractivity contribution in [3.05, 3.63) is 63.9 Å². The molecule has 0 atom stereocenters. The molecule has 34 heavy (non-hydrogen) atoms. The van der Waals surface area contributed by atoms with E-state index in [9.17, 15) is 19.2 Å². The number of carbonyl (C=O) groups excluding carboxylic acids is 4. The first-order chi connectivity index (χ1) is 16.4. The van der Waals surface area contributed by atoms with Crippen LogP contribution >= 0.6 is 11.6 Å². The van der Waals surface area contributed by atoms with Gasteiger partial charge in [0.05, 0.1) is 30.4 Å². The van der Waals surface area contributed by atoms with Crippen LogP contribution in [0.1, 0.15) is 54.4 Å². The fraction of sp³-hybridized carbons (Fsp3) is 0.348. The summed E-state index contributed by atoms with van der Waals surface area (Å²) in [5.41, 5.74) is 1.07. The Balaban J connectivity index is 1.22. The molecule has 0 saturated carbocycles. The van der Waals surface area contributed by atoms with Gasteiger partial charge in [0, 0.05) is 25.6 Å². The SMILES string of the molecule is CNC(=O)c1cc(C(=O)NCCCC2OCC(N3C(=O)c4ccccc4C3=O)CO2)cc(Cl)n1. The molecule has 2 N–H and O–H groups in total. The Morgan fingerprint density at radius 2 is 1.74 bits per heavy atom. The van der Waals surface area contributed by atoms with Gasteiger partial charge in [-0.2, -0.15) is 0 Å². The van der Waals surface area contributed by atoms with Crippen molar-refractivity contribution in [2.24, 2.45) is 0 Å². The third-order valence-corrected chi connectivity index (χ3v) is 5.75. The number of imide groups is 1. The Morgan fingerprint density at radius 3 is 2.35 bits per heavy atom. The van der Waals surface area contributed by atoms with Crippen LogP contribution in [0.15, 0.2) is 36.4 Å². The number of carbonyl (C=O) groups is 4. The van der Waals surface area contributed by atoms with Gasteiger partial charge in [-0.15, -0.1) is 0 Å². The van der Waals surface area contributed by atoms with Crippen molar-refractivity contribution < 1.29 is 28.7 Å². The highest BCUT2D eigenvalue weighted by Crippen LogP contribution is 2.26. The van der Waals surface area contributed by atoms with Gasteiger partial charge >= 0.3 is 0 Å². The number of pyridine rings is 1. The molecule has 4 amide bonds. The molecule has 1 aromatic carbocycles. The quantitative estimate of drug-likeness (QED) is 0.346. The highest BCUT2D eigenvalue weighted by Gasteiger charge is 2.41. The minimum absolute atomic E-state index is 0.0443. The molecule has 2 aliphatic heterocycles. The van der Waals surface area contributed by atoms with Crippen LogP contribution in [0.3, 0.4) is 0 Å². The van der Waals surface area contributed by atoms with Gasteiger partial charge in [0.25, 0.3) is 23.6 Å². The van der Waals surface area contributed by atoms with Gasteiger partial charge in [-0.05, 0) is 30.7 Å². The molecular weight excluding hydrogens is 464 g/mol. The molecule has 4 rings (SSSR count). The Morgan fingerprint density at radius 1 is 1.09 bits per heavy atom. The lowest BCUT2D eigenvalue weighted by Gasteiger charge is -2.33. The van der Waals surface area contributed by atoms with Crippen LogP contribution in [-0.4, -0.2) is 72.7 Å². The van der Waals surface area contributed by atoms with E-state index < -0.39 is 18.2 Å². The van der Waals surface area contributed by atoms with Gasteiger partial charge < -0.3 is 20.1 Å². The smallest absolute Gasteiger partial charge is 0.269 e. The van der Waals surface area contributed by atoms with Gasteiger partial charge in [0.2, 0.25) is 0 Å². The van der Waals surface area contributed by atoms with Crippen LogP contribution in [0.4, 0.5) is 0 Å². The lowest BCUT2D eigenvalue weighted by Crippen LogP contribution is -2.49. The van der Waals surface area contributed by atoms with E-state index in [0.717, 1.165) is 0 Å². The predicted octanol–water partition coefficient (Wildman–Crippen LogP) is 1.64. The molecule has 3 heterocycles. The maximum Gasteiger partial charge on any atom is 0.269 e. The molecule has 0 radical (unpaired) electrons. The largest absolute Gasteiger partial charge is 0.354 e. The summed E-state index contributed by atoms with van der Waals surface area (Å²) in [6.07, 6.45) is 0.573. The van der Waals surface area contributed by atoms with Crippen LogP contribution in [-0.2, 0) is 9.47 Å². The molecule has 11 heteroatoms. The van der Waals surface area contributed by atoms with E-state index in [2.05, 4.69) is 15.6 Å². The maximum absolute atomic E-state index is 12.6. The average Bonchev–Trinajstić information content (AvgIpc) is 3.11. The number of fused-ring (bicyclic) bond motifs is 1. The summed E-state index contributed by atoms with van der Waals surface area (Å²) in [7, 11) is 1.46. The fourth-order valence-electron chi connectivity index (χ4n) is 3.83. The number of aromatic nitrogens is 1. The normalized spacial score (nSPS) is 19.6. The summed E-state index contributed by atoms with van der Waals surface area (Å²) in [6, 6.07) is 8.98. The van der Waals surface area contributed by atoms with E-state index in [1.165, 1.54) is 24.1 Å². The zero-order chi connectivity index (χ0) is 24.2. The zero-order valence-corrected chi connectivity index (χ0v) is 19.1. The Labute approximate surface area is 200 Å². The summed E-state index contributed by atoms with van der Waals surface area (Å²) in [5.74, 6) is -1.50. The molecule has 178 valence electrons.